The molecule has 0 spiro atoms. The molecule has 0 radical (unpaired) electrons. The van der Waals surface area contributed by atoms with Crippen LogP contribution in [0.2, 0.25) is 0 Å². The van der Waals surface area contributed by atoms with E-state index in [1.807, 2.05) is 0 Å². The van der Waals surface area contributed by atoms with E-state index in [4.69, 9.17) is 0 Å². The Morgan fingerprint density at radius 1 is 1.11 bits per heavy atom. The number of carbonyl (C=O) groups is 1. The predicted molar refractivity (Wildman–Crippen MR) is 73.3 cm³/mol. The summed E-state index contributed by atoms with van der Waals surface area (Å²) in [5.41, 5.74) is 0.747. The number of hydrogen-bond donors (Lipinski definition) is 0. The van der Waals surface area contributed by atoms with Gasteiger partial charge in [0.2, 0.25) is 0 Å². The molecule has 98 valence electrons. The van der Waals surface area contributed by atoms with Crippen molar-refractivity contribution in [3.63, 3.8) is 0 Å². The molecule has 0 aromatic heterocycles. The summed E-state index contributed by atoms with van der Waals surface area (Å²) >= 11 is 3.29. The highest BCUT2D eigenvalue weighted by Gasteiger charge is 2.15. The Kier molecular flexibility index (Phi) is 4.10. The number of halogens is 3. The summed E-state index contributed by atoms with van der Waals surface area (Å²) in [7, 11) is 0. The van der Waals surface area contributed by atoms with Gasteiger partial charge in [-0.3, -0.25) is 4.79 Å². The van der Waals surface area contributed by atoms with Gasteiger partial charge < -0.3 is 0 Å². The van der Waals surface area contributed by atoms with E-state index in [-0.39, 0.29) is 17.5 Å². The lowest BCUT2D eigenvalue weighted by Gasteiger charge is -2.05. The Balaban J connectivity index is 2.25. The zero-order valence-electron chi connectivity index (χ0n) is 10.2. The number of ketones is 1. The molecule has 0 amide bonds. The molecule has 4 heteroatoms. The van der Waals surface area contributed by atoms with Crippen LogP contribution in [0.4, 0.5) is 8.78 Å². The van der Waals surface area contributed by atoms with E-state index < -0.39 is 17.4 Å². The lowest BCUT2D eigenvalue weighted by molar-refractivity contribution is 0.0988. The summed E-state index contributed by atoms with van der Waals surface area (Å²) in [6.07, 6.45) is 0.0483. The van der Waals surface area contributed by atoms with E-state index >= 15 is 0 Å². The van der Waals surface area contributed by atoms with E-state index in [0.717, 1.165) is 22.2 Å². The van der Waals surface area contributed by atoms with Crippen LogP contribution >= 0.6 is 15.9 Å². The Hall–Kier alpha value is -1.55. The second kappa shape index (κ2) is 5.61. The Morgan fingerprint density at radius 2 is 1.74 bits per heavy atom. The van der Waals surface area contributed by atoms with E-state index in [1.165, 1.54) is 6.92 Å². The van der Waals surface area contributed by atoms with Gasteiger partial charge in [-0.05, 0) is 42.3 Å². The standard InChI is InChI=1S/C15H11BrF2O/c1-9-6-14(18)12(8-13(9)17)15(19)7-10-2-4-11(16)5-3-10/h2-6,8H,7H2,1H3. The molecule has 0 heterocycles. The molecule has 0 aliphatic carbocycles. The lowest BCUT2D eigenvalue weighted by atomic mass is 10.0. The quantitative estimate of drug-likeness (QED) is 0.762. The summed E-state index contributed by atoms with van der Waals surface area (Å²) in [6, 6.07) is 9.15. The average molecular weight is 325 g/mol. The minimum absolute atomic E-state index is 0.0483. The number of rotatable bonds is 3. The van der Waals surface area contributed by atoms with Gasteiger partial charge in [-0.15, -0.1) is 0 Å². The topological polar surface area (TPSA) is 17.1 Å². The second-order valence-corrected chi connectivity index (χ2v) is 5.22. The van der Waals surface area contributed by atoms with Gasteiger partial charge in [0.15, 0.2) is 5.78 Å². The molecule has 0 atom stereocenters. The van der Waals surface area contributed by atoms with E-state index in [9.17, 15) is 13.6 Å². The average Bonchev–Trinajstić information content (AvgIpc) is 2.36. The fourth-order valence-corrected chi connectivity index (χ4v) is 2.01. The van der Waals surface area contributed by atoms with Crippen molar-refractivity contribution in [1.82, 2.24) is 0 Å². The zero-order chi connectivity index (χ0) is 14.0. The number of benzene rings is 2. The van der Waals surface area contributed by atoms with Crippen molar-refractivity contribution < 1.29 is 13.6 Å². The summed E-state index contributed by atoms with van der Waals surface area (Å²) in [5.74, 6) is -1.68. The van der Waals surface area contributed by atoms with Crippen molar-refractivity contribution in [2.75, 3.05) is 0 Å². The minimum Gasteiger partial charge on any atom is -0.294 e. The van der Waals surface area contributed by atoms with Crippen LogP contribution in [-0.2, 0) is 6.42 Å². The largest absolute Gasteiger partial charge is 0.294 e. The normalized spacial score (nSPS) is 10.5. The molecular weight excluding hydrogens is 314 g/mol. The molecule has 0 bridgehead atoms. The number of hydrogen-bond acceptors (Lipinski definition) is 1. The summed E-state index contributed by atoms with van der Waals surface area (Å²) in [4.78, 5) is 12.0. The van der Waals surface area contributed by atoms with Crippen LogP contribution in [0, 0.1) is 18.6 Å². The molecule has 0 saturated carbocycles. The Labute approximate surface area is 118 Å². The van der Waals surface area contributed by atoms with E-state index in [0.29, 0.717) is 0 Å². The third-order valence-corrected chi connectivity index (χ3v) is 3.36. The SMILES string of the molecule is Cc1cc(F)c(C(=O)Cc2ccc(Br)cc2)cc1F. The van der Waals surface area contributed by atoms with Gasteiger partial charge >= 0.3 is 0 Å². The molecule has 2 rings (SSSR count). The third kappa shape index (κ3) is 3.26. The smallest absolute Gasteiger partial charge is 0.170 e. The van der Waals surface area contributed by atoms with Gasteiger partial charge in [0, 0.05) is 10.9 Å². The fraction of sp³-hybridized carbons (Fsp3) is 0.133. The maximum Gasteiger partial charge on any atom is 0.170 e. The molecule has 2 aromatic carbocycles. The van der Waals surface area contributed by atoms with Gasteiger partial charge in [-0.2, -0.15) is 0 Å². The first kappa shape index (κ1) is 13.9. The lowest BCUT2D eigenvalue weighted by Crippen LogP contribution is -2.07. The van der Waals surface area contributed by atoms with Crippen LogP contribution in [0.3, 0.4) is 0 Å². The number of aryl methyl sites for hydroxylation is 1. The number of carbonyl (C=O) groups excluding carboxylic acids is 1. The van der Waals surface area contributed by atoms with Crippen LogP contribution in [0.5, 0.6) is 0 Å². The highest BCUT2D eigenvalue weighted by Crippen LogP contribution is 2.17. The number of Topliss-reactive ketones (excluding diaryl/α,β-unsaturated/α-hetero) is 1. The first-order valence-corrected chi connectivity index (χ1v) is 6.50. The molecule has 2 aromatic rings. The molecule has 0 unspecified atom stereocenters. The van der Waals surface area contributed by atoms with Gasteiger partial charge in [0.1, 0.15) is 11.6 Å². The summed E-state index contributed by atoms with van der Waals surface area (Å²) < 4.78 is 27.9. The van der Waals surface area contributed by atoms with E-state index in [1.54, 1.807) is 24.3 Å². The molecule has 0 aliphatic rings. The highest BCUT2D eigenvalue weighted by atomic mass is 79.9. The van der Waals surface area contributed by atoms with Crippen molar-refractivity contribution in [1.29, 1.82) is 0 Å². The molecule has 0 aliphatic heterocycles. The monoisotopic (exact) mass is 324 g/mol. The van der Waals surface area contributed by atoms with Gasteiger partial charge in [-0.25, -0.2) is 8.78 Å². The maximum atomic E-state index is 13.7. The first-order chi connectivity index (χ1) is 8.97. The first-order valence-electron chi connectivity index (χ1n) is 5.70. The van der Waals surface area contributed by atoms with Crippen molar-refractivity contribution >= 4 is 21.7 Å². The van der Waals surface area contributed by atoms with Gasteiger partial charge in [0.05, 0.1) is 5.56 Å². The molecule has 19 heavy (non-hydrogen) atoms. The highest BCUT2D eigenvalue weighted by molar-refractivity contribution is 9.10. The van der Waals surface area contributed by atoms with Crippen molar-refractivity contribution in [3.8, 4) is 0 Å². The van der Waals surface area contributed by atoms with Crippen LogP contribution in [0.1, 0.15) is 21.5 Å². The van der Waals surface area contributed by atoms with E-state index in [2.05, 4.69) is 15.9 Å². The Morgan fingerprint density at radius 3 is 2.37 bits per heavy atom. The Bertz CT molecular complexity index is 621. The minimum atomic E-state index is -0.680. The van der Waals surface area contributed by atoms with Gasteiger partial charge in [-0.1, -0.05) is 28.1 Å². The second-order valence-electron chi connectivity index (χ2n) is 4.31. The fourth-order valence-electron chi connectivity index (χ4n) is 1.74. The summed E-state index contributed by atoms with van der Waals surface area (Å²) in [5, 5.41) is 0. The maximum absolute atomic E-state index is 13.7. The van der Waals surface area contributed by atoms with Crippen LogP contribution in [0.15, 0.2) is 40.9 Å². The van der Waals surface area contributed by atoms with Crippen LogP contribution in [0.25, 0.3) is 0 Å². The van der Waals surface area contributed by atoms with Crippen LogP contribution in [-0.4, -0.2) is 5.78 Å². The molecule has 0 N–H and O–H groups in total. The molecule has 1 nitrogen and oxygen atoms in total. The molecule has 0 saturated heterocycles. The molecule has 0 fully saturated rings. The zero-order valence-corrected chi connectivity index (χ0v) is 11.8. The van der Waals surface area contributed by atoms with Crippen molar-refractivity contribution in [2.24, 2.45) is 0 Å². The van der Waals surface area contributed by atoms with Crippen LogP contribution < -0.4 is 0 Å². The van der Waals surface area contributed by atoms with Crippen molar-refractivity contribution in [2.45, 2.75) is 13.3 Å². The predicted octanol–water partition coefficient (Wildman–Crippen LogP) is 4.46. The van der Waals surface area contributed by atoms with Crippen molar-refractivity contribution in [3.05, 3.63) is 69.2 Å². The third-order valence-electron chi connectivity index (χ3n) is 2.83. The molecular formula is C15H11BrF2O. The van der Waals surface area contributed by atoms with Gasteiger partial charge in [0.25, 0.3) is 0 Å². The summed E-state index contributed by atoms with van der Waals surface area (Å²) in [6.45, 7) is 1.46.